The van der Waals surface area contributed by atoms with Crippen LogP contribution in [0.1, 0.15) is 45.4 Å². The number of carbonyl (C=O) groups excluding carboxylic acids is 2. The summed E-state index contributed by atoms with van der Waals surface area (Å²) in [5.74, 6) is -0.897. The van der Waals surface area contributed by atoms with Crippen LogP contribution in [-0.4, -0.2) is 54.6 Å². The molecule has 3 aliphatic rings. The summed E-state index contributed by atoms with van der Waals surface area (Å²) < 4.78 is 19.7. The van der Waals surface area contributed by atoms with Crippen molar-refractivity contribution in [1.29, 1.82) is 0 Å². The molecule has 0 bridgehead atoms. The van der Waals surface area contributed by atoms with Crippen molar-refractivity contribution in [1.82, 2.24) is 10.2 Å². The van der Waals surface area contributed by atoms with Crippen molar-refractivity contribution in [3.63, 3.8) is 0 Å². The van der Waals surface area contributed by atoms with E-state index in [9.17, 15) is 14.0 Å². The number of nitrogens with zero attached hydrogens (tertiary/aromatic N) is 2. The molecule has 7 heteroatoms. The molecule has 2 fully saturated rings. The fourth-order valence-electron chi connectivity index (χ4n) is 5.28. The highest BCUT2D eigenvalue weighted by Gasteiger charge is 2.46. The molecule has 6 nitrogen and oxygen atoms in total. The number of hydrogen-bond acceptors (Lipinski definition) is 4. The van der Waals surface area contributed by atoms with Gasteiger partial charge in [0.2, 0.25) is 5.91 Å². The molecular formula is C27H34FN3O3. The Kier molecular flexibility index (Phi) is 7.95. The zero-order chi connectivity index (χ0) is 24.1. The first-order valence-corrected chi connectivity index (χ1v) is 12.3. The van der Waals surface area contributed by atoms with Gasteiger partial charge >= 0.3 is 0 Å². The highest BCUT2D eigenvalue weighted by atomic mass is 19.1. The number of nitrogens with one attached hydrogen (secondary N) is 1. The Morgan fingerprint density at radius 3 is 2.74 bits per heavy atom. The molecule has 2 atom stereocenters. The highest BCUT2D eigenvalue weighted by Crippen LogP contribution is 2.37. The van der Waals surface area contributed by atoms with Crippen molar-refractivity contribution in [2.45, 2.75) is 63.6 Å². The first-order valence-electron chi connectivity index (χ1n) is 12.3. The van der Waals surface area contributed by atoms with Crippen LogP contribution in [0.5, 0.6) is 0 Å². The molecular weight excluding hydrogens is 433 g/mol. The summed E-state index contributed by atoms with van der Waals surface area (Å²) in [7, 11) is 0. The molecule has 1 saturated heterocycles. The molecule has 0 aromatic heterocycles. The zero-order valence-corrected chi connectivity index (χ0v) is 19.8. The molecule has 34 heavy (non-hydrogen) atoms. The quantitative estimate of drug-likeness (QED) is 0.626. The highest BCUT2D eigenvalue weighted by molar-refractivity contribution is 6.06. The lowest BCUT2D eigenvalue weighted by Gasteiger charge is -2.34. The van der Waals surface area contributed by atoms with Gasteiger partial charge in [-0.05, 0) is 50.5 Å². The van der Waals surface area contributed by atoms with Crippen molar-refractivity contribution in [3.05, 3.63) is 66.2 Å². The van der Waals surface area contributed by atoms with Crippen LogP contribution in [0.3, 0.4) is 0 Å². The van der Waals surface area contributed by atoms with Gasteiger partial charge in [-0.25, -0.2) is 4.39 Å². The Labute approximate surface area is 201 Å². The maximum Gasteiger partial charge on any atom is 0.255 e. The SMILES string of the molecule is C=CC1=C(/C=C\C)C(N(C(=O)CN[C@H]2CCOC2)c2cccc(F)c2)C(=O)N1C1CCCCC1. The van der Waals surface area contributed by atoms with E-state index in [1.54, 1.807) is 18.2 Å². The summed E-state index contributed by atoms with van der Waals surface area (Å²) in [4.78, 5) is 30.9. The summed E-state index contributed by atoms with van der Waals surface area (Å²) in [5.41, 5.74) is 1.82. The van der Waals surface area contributed by atoms with Crippen LogP contribution in [0, 0.1) is 5.82 Å². The standard InChI is InChI=1S/C27H34FN3O3/c1-3-9-23-24(4-2)30(21-11-6-5-7-12-21)27(33)26(23)31(22-13-8-10-19(28)16-22)25(32)17-29-20-14-15-34-18-20/h3-4,8-10,13,16,20-21,26,29H,2,5-7,11-12,14-15,17-18H2,1H3/b9-3-/t20-,26?/m0/s1. The second-order valence-corrected chi connectivity index (χ2v) is 9.13. The van der Waals surface area contributed by atoms with E-state index in [-0.39, 0.29) is 30.4 Å². The maximum atomic E-state index is 14.3. The van der Waals surface area contributed by atoms with Gasteiger partial charge in [-0.3, -0.25) is 14.5 Å². The minimum absolute atomic E-state index is 0.0320. The monoisotopic (exact) mass is 467 g/mol. The molecule has 2 aliphatic heterocycles. The Bertz CT molecular complexity index is 977. The van der Waals surface area contributed by atoms with E-state index in [4.69, 9.17) is 4.74 Å². The number of ether oxygens (including phenoxy) is 1. The van der Waals surface area contributed by atoms with E-state index in [1.807, 2.05) is 24.0 Å². The third kappa shape index (κ3) is 5.00. The molecule has 1 aromatic rings. The summed E-state index contributed by atoms with van der Waals surface area (Å²) in [6.45, 7) is 7.12. The number of anilines is 1. The first-order chi connectivity index (χ1) is 16.5. The predicted molar refractivity (Wildman–Crippen MR) is 131 cm³/mol. The Morgan fingerprint density at radius 2 is 2.09 bits per heavy atom. The lowest BCUT2D eigenvalue weighted by molar-refractivity contribution is -0.132. The van der Waals surface area contributed by atoms with Gasteiger partial charge in [0.25, 0.3) is 5.91 Å². The number of carbonyl (C=O) groups is 2. The summed E-state index contributed by atoms with van der Waals surface area (Å²) in [6, 6.07) is 5.19. The van der Waals surface area contributed by atoms with Gasteiger partial charge in [0.1, 0.15) is 11.9 Å². The molecule has 4 rings (SSSR count). The van der Waals surface area contributed by atoms with E-state index in [2.05, 4.69) is 11.9 Å². The van der Waals surface area contributed by atoms with Gasteiger partial charge in [-0.1, -0.05) is 44.1 Å². The molecule has 1 aliphatic carbocycles. The fourth-order valence-corrected chi connectivity index (χ4v) is 5.28. The van der Waals surface area contributed by atoms with Crippen molar-refractivity contribution >= 4 is 17.5 Å². The summed E-state index contributed by atoms with van der Waals surface area (Å²) >= 11 is 0. The second kappa shape index (κ2) is 11.1. The van der Waals surface area contributed by atoms with Crippen molar-refractivity contribution < 1.29 is 18.7 Å². The average Bonchev–Trinajstić information content (AvgIpc) is 3.46. The number of halogens is 1. The average molecular weight is 468 g/mol. The summed E-state index contributed by atoms with van der Waals surface area (Å²) in [6.07, 6.45) is 11.4. The maximum absolute atomic E-state index is 14.3. The van der Waals surface area contributed by atoms with Crippen LogP contribution in [0.15, 0.2) is 60.3 Å². The van der Waals surface area contributed by atoms with Gasteiger partial charge in [0.05, 0.1) is 13.2 Å². The second-order valence-electron chi connectivity index (χ2n) is 9.13. The van der Waals surface area contributed by atoms with Gasteiger partial charge in [0, 0.05) is 35.6 Å². The first kappa shape index (κ1) is 24.4. The fraction of sp³-hybridized carbons (Fsp3) is 0.481. The van der Waals surface area contributed by atoms with Crippen LogP contribution in [-0.2, 0) is 14.3 Å². The van der Waals surface area contributed by atoms with E-state index < -0.39 is 11.9 Å². The largest absolute Gasteiger partial charge is 0.380 e. The van der Waals surface area contributed by atoms with Crippen molar-refractivity contribution in [2.24, 2.45) is 0 Å². The molecule has 1 unspecified atom stereocenters. The van der Waals surface area contributed by atoms with Crippen molar-refractivity contribution in [2.75, 3.05) is 24.7 Å². The lowest BCUT2D eigenvalue weighted by Crippen LogP contribution is -2.52. The van der Waals surface area contributed by atoms with Crippen LogP contribution >= 0.6 is 0 Å². The third-order valence-electron chi connectivity index (χ3n) is 6.89. The minimum atomic E-state index is -0.873. The molecule has 2 heterocycles. The molecule has 2 amide bonds. The lowest BCUT2D eigenvalue weighted by atomic mass is 9.94. The molecule has 1 N–H and O–H groups in total. The zero-order valence-electron chi connectivity index (χ0n) is 19.8. The van der Waals surface area contributed by atoms with Crippen LogP contribution in [0.2, 0.25) is 0 Å². The molecule has 0 radical (unpaired) electrons. The van der Waals surface area contributed by atoms with Gasteiger partial charge < -0.3 is 15.0 Å². The van der Waals surface area contributed by atoms with Crippen molar-refractivity contribution in [3.8, 4) is 0 Å². The Balaban J connectivity index is 1.73. The minimum Gasteiger partial charge on any atom is -0.380 e. The van der Waals surface area contributed by atoms with E-state index in [0.717, 1.165) is 43.4 Å². The van der Waals surface area contributed by atoms with E-state index in [1.165, 1.54) is 23.5 Å². The normalized spacial score (nSPS) is 23.8. The number of amides is 2. The topological polar surface area (TPSA) is 61.9 Å². The summed E-state index contributed by atoms with van der Waals surface area (Å²) in [5, 5.41) is 3.24. The Morgan fingerprint density at radius 1 is 1.29 bits per heavy atom. The van der Waals surface area contributed by atoms with Gasteiger partial charge in [0.15, 0.2) is 0 Å². The van der Waals surface area contributed by atoms with Crippen LogP contribution in [0.4, 0.5) is 10.1 Å². The predicted octanol–water partition coefficient (Wildman–Crippen LogP) is 4.10. The van der Waals surface area contributed by atoms with E-state index in [0.29, 0.717) is 18.9 Å². The number of benzene rings is 1. The number of rotatable bonds is 8. The third-order valence-corrected chi connectivity index (χ3v) is 6.89. The van der Waals surface area contributed by atoms with E-state index >= 15 is 0 Å². The van der Waals surface area contributed by atoms with Crippen LogP contribution in [0.25, 0.3) is 0 Å². The van der Waals surface area contributed by atoms with Gasteiger partial charge in [-0.2, -0.15) is 0 Å². The Hall–Kier alpha value is -2.77. The molecule has 0 spiro atoms. The molecule has 182 valence electrons. The van der Waals surface area contributed by atoms with Gasteiger partial charge in [-0.15, -0.1) is 0 Å². The number of allylic oxidation sites excluding steroid dienone is 2. The number of hydrogen-bond donors (Lipinski definition) is 1. The molecule has 1 aromatic carbocycles. The van der Waals surface area contributed by atoms with Crippen LogP contribution < -0.4 is 10.2 Å². The smallest absolute Gasteiger partial charge is 0.255 e. The molecule has 1 saturated carbocycles.